The first-order chi connectivity index (χ1) is 7.31. The summed E-state index contributed by atoms with van der Waals surface area (Å²) in [6, 6.07) is 0.415. The van der Waals surface area contributed by atoms with E-state index in [4.69, 9.17) is 0 Å². The Labute approximate surface area is 94.4 Å². The number of carbonyl (C=O) groups excluding carboxylic acids is 1. The van der Waals surface area contributed by atoms with Crippen molar-refractivity contribution in [1.29, 1.82) is 0 Å². The van der Waals surface area contributed by atoms with Crippen LogP contribution in [0.25, 0.3) is 0 Å². The average molecular weight is 224 g/mol. The van der Waals surface area contributed by atoms with Crippen molar-refractivity contribution < 1.29 is 4.79 Å². The number of nitrogens with one attached hydrogen (secondary N) is 2. The first-order valence-electron chi connectivity index (χ1n) is 5.34. The minimum atomic E-state index is 0.0547. The molecule has 1 saturated heterocycles. The molecule has 1 fully saturated rings. The van der Waals surface area contributed by atoms with Gasteiger partial charge < -0.3 is 10.6 Å². The highest BCUT2D eigenvalue weighted by atomic mass is 32.2. The third kappa shape index (κ3) is 2.44. The highest BCUT2D eigenvalue weighted by Gasteiger charge is 2.27. The van der Waals surface area contributed by atoms with Gasteiger partial charge in [-0.05, 0) is 6.42 Å². The fourth-order valence-corrected chi connectivity index (χ4v) is 2.84. The lowest BCUT2D eigenvalue weighted by molar-refractivity contribution is -0.117. The van der Waals surface area contributed by atoms with Crippen LogP contribution in [-0.4, -0.2) is 29.6 Å². The zero-order valence-electron chi connectivity index (χ0n) is 8.82. The van der Waals surface area contributed by atoms with Crippen molar-refractivity contribution in [2.45, 2.75) is 24.6 Å². The maximum absolute atomic E-state index is 11.7. The van der Waals surface area contributed by atoms with Gasteiger partial charge in [-0.2, -0.15) is 0 Å². The van der Waals surface area contributed by atoms with Gasteiger partial charge in [-0.1, -0.05) is 25.2 Å². The smallest absolute Gasteiger partial charge is 0.250 e. The summed E-state index contributed by atoms with van der Waals surface area (Å²) in [5.41, 5.74) is 0.806. The Morgan fingerprint density at radius 1 is 1.73 bits per heavy atom. The summed E-state index contributed by atoms with van der Waals surface area (Å²) in [5, 5.41) is 6.68. The van der Waals surface area contributed by atoms with Crippen LogP contribution in [0.3, 0.4) is 0 Å². The second kappa shape index (κ2) is 4.86. The molecule has 2 aliphatic rings. The summed E-state index contributed by atoms with van der Waals surface area (Å²) >= 11 is 1.85. The van der Waals surface area contributed by atoms with E-state index in [1.807, 2.05) is 17.8 Å². The molecule has 82 valence electrons. The lowest BCUT2D eigenvalue weighted by atomic mass is 10.0. The minimum absolute atomic E-state index is 0.0547. The molecule has 4 heteroatoms. The fourth-order valence-electron chi connectivity index (χ4n) is 1.72. The van der Waals surface area contributed by atoms with E-state index in [0.717, 1.165) is 24.4 Å². The molecule has 2 N–H and O–H groups in total. The van der Waals surface area contributed by atoms with Crippen LogP contribution in [0.2, 0.25) is 0 Å². The second-order valence-electron chi connectivity index (χ2n) is 3.74. The first kappa shape index (κ1) is 10.8. The molecule has 2 unspecified atom stereocenters. The molecule has 2 atom stereocenters. The normalized spacial score (nSPS) is 28.5. The largest absolute Gasteiger partial charge is 0.352 e. The highest BCUT2D eigenvalue weighted by Crippen LogP contribution is 2.27. The van der Waals surface area contributed by atoms with Crippen molar-refractivity contribution in [2.24, 2.45) is 0 Å². The predicted molar refractivity (Wildman–Crippen MR) is 63.7 cm³/mol. The number of hydrogen-bond donors (Lipinski definition) is 2. The molecular formula is C11H16N2OS. The van der Waals surface area contributed by atoms with Gasteiger partial charge in [0.25, 0.3) is 5.91 Å². The Morgan fingerprint density at radius 2 is 2.60 bits per heavy atom. The predicted octanol–water partition coefficient (Wildman–Crippen LogP) is 1.04. The number of carbonyl (C=O) groups is 1. The van der Waals surface area contributed by atoms with Gasteiger partial charge in [-0.3, -0.25) is 4.79 Å². The van der Waals surface area contributed by atoms with E-state index >= 15 is 0 Å². The molecule has 0 bridgehead atoms. The Bertz CT molecular complexity index is 312. The zero-order valence-corrected chi connectivity index (χ0v) is 9.64. The molecule has 1 amide bonds. The fraction of sp³-hybridized carbons (Fsp3) is 0.545. The maximum atomic E-state index is 11.7. The van der Waals surface area contributed by atoms with E-state index in [0.29, 0.717) is 11.3 Å². The molecule has 0 radical (unpaired) electrons. The average Bonchev–Trinajstić information content (AvgIpc) is 2.72. The molecule has 2 rings (SSSR count). The Balaban J connectivity index is 1.98. The van der Waals surface area contributed by atoms with Crippen molar-refractivity contribution in [2.75, 3.05) is 12.4 Å². The summed E-state index contributed by atoms with van der Waals surface area (Å²) in [4.78, 5) is 11.7. The van der Waals surface area contributed by atoms with Gasteiger partial charge in [-0.25, -0.2) is 0 Å². The van der Waals surface area contributed by atoms with Crippen LogP contribution in [0.1, 0.15) is 13.3 Å². The third-order valence-electron chi connectivity index (χ3n) is 2.57. The number of fused-ring (bicyclic) bond motifs is 1. The van der Waals surface area contributed by atoms with Gasteiger partial charge in [0.1, 0.15) is 0 Å². The lowest BCUT2D eigenvalue weighted by Crippen LogP contribution is -2.32. The molecule has 1 heterocycles. The molecule has 0 aromatic rings. The van der Waals surface area contributed by atoms with E-state index in [2.05, 4.69) is 29.7 Å². The van der Waals surface area contributed by atoms with Gasteiger partial charge >= 0.3 is 0 Å². The number of rotatable bonds is 3. The summed E-state index contributed by atoms with van der Waals surface area (Å²) in [5.74, 6) is 1.03. The van der Waals surface area contributed by atoms with Crippen LogP contribution >= 0.6 is 11.8 Å². The molecule has 15 heavy (non-hydrogen) atoms. The van der Waals surface area contributed by atoms with E-state index in [-0.39, 0.29) is 5.91 Å². The minimum Gasteiger partial charge on any atom is -0.352 e. The second-order valence-corrected chi connectivity index (χ2v) is 4.91. The molecule has 0 spiro atoms. The van der Waals surface area contributed by atoms with Crippen LogP contribution < -0.4 is 10.6 Å². The van der Waals surface area contributed by atoms with Crippen LogP contribution in [-0.2, 0) is 4.79 Å². The Kier molecular flexibility index (Phi) is 3.49. The number of thioether (sulfide) groups is 1. The summed E-state index contributed by atoms with van der Waals surface area (Å²) in [7, 11) is 0. The van der Waals surface area contributed by atoms with Gasteiger partial charge in [0, 0.05) is 29.3 Å². The number of hydrogen-bond acceptors (Lipinski definition) is 3. The number of amides is 1. The monoisotopic (exact) mass is 224 g/mol. The summed E-state index contributed by atoms with van der Waals surface area (Å²) in [6.07, 6.45) is 7.06. The molecule has 3 nitrogen and oxygen atoms in total. The van der Waals surface area contributed by atoms with Gasteiger partial charge in [0.2, 0.25) is 0 Å². The van der Waals surface area contributed by atoms with E-state index in [1.54, 1.807) is 0 Å². The zero-order chi connectivity index (χ0) is 10.7. The summed E-state index contributed by atoms with van der Waals surface area (Å²) in [6.45, 7) is 2.81. The van der Waals surface area contributed by atoms with Gasteiger partial charge in [0.05, 0.1) is 0 Å². The van der Waals surface area contributed by atoms with Crippen LogP contribution in [0.15, 0.2) is 23.8 Å². The molecule has 1 aliphatic carbocycles. The molecule has 0 aromatic carbocycles. The lowest BCUT2D eigenvalue weighted by Gasteiger charge is -2.17. The molecule has 0 saturated carbocycles. The summed E-state index contributed by atoms with van der Waals surface area (Å²) < 4.78 is 0. The van der Waals surface area contributed by atoms with Gasteiger partial charge in [0.15, 0.2) is 0 Å². The van der Waals surface area contributed by atoms with Crippen LogP contribution in [0.5, 0.6) is 0 Å². The molecule has 1 aliphatic heterocycles. The first-order valence-corrected chi connectivity index (χ1v) is 6.39. The quantitative estimate of drug-likeness (QED) is 0.752. The molecular weight excluding hydrogens is 208 g/mol. The highest BCUT2D eigenvalue weighted by molar-refractivity contribution is 8.00. The van der Waals surface area contributed by atoms with Crippen LogP contribution in [0, 0.1) is 0 Å². The van der Waals surface area contributed by atoms with Gasteiger partial charge in [-0.15, -0.1) is 11.8 Å². The van der Waals surface area contributed by atoms with Crippen molar-refractivity contribution in [1.82, 2.24) is 10.6 Å². The van der Waals surface area contributed by atoms with E-state index < -0.39 is 0 Å². The maximum Gasteiger partial charge on any atom is 0.250 e. The Morgan fingerprint density at radius 3 is 3.40 bits per heavy atom. The topological polar surface area (TPSA) is 41.1 Å². The van der Waals surface area contributed by atoms with Crippen molar-refractivity contribution >= 4 is 17.7 Å². The SMILES string of the molecule is CCCNC(=O)C1=CC2SCNC2C=C1. The van der Waals surface area contributed by atoms with E-state index in [9.17, 15) is 4.79 Å². The van der Waals surface area contributed by atoms with Crippen molar-refractivity contribution in [3.05, 3.63) is 23.8 Å². The van der Waals surface area contributed by atoms with Crippen molar-refractivity contribution in [3.63, 3.8) is 0 Å². The molecule has 0 aromatic heterocycles. The van der Waals surface area contributed by atoms with E-state index in [1.165, 1.54) is 0 Å². The third-order valence-corrected chi connectivity index (χ3v) is 3.72. The Hall–Kier alpha value is -0.740. The standard InChI is InChI=1S/C11H16N2OS/c1-2-5-12-11(14)8-3-4-9-10(6-8)15-7-13-9/h3-4,6,9-10,13H,2,5,7H2,1H3,(H,12,14). The van der Waals surface area contributed by atoms with Crippen LogP contribution in [0.4, 0.5) is 0 Å². The van der Waals surface area contributed by atoms with Crippen molar-refractivity contribution in [3.8, 4) is 0 Å².